The van der Waals surface area contributed by atoms with E-state index in [-0.39, 0.29) is 11.9 Å². The van der Waals surface area contributed by atoms with Crippen molar-refractivity contribution in [3.05, 3.63) is 21.9 Å². The first kappa shape index (κ1) is 14.2. The summed E-state index contributed by atoms with van der Waals surface area (Å²) in [5.41, 5.74) is 5.42. The summed E-state index contributed by atoms with van der Waals surface area (Å²) in [7, 11) is 1.84. The van der Waals surface area contributed by atoms with Crippen molar-refractivity contribution in [3.63, 3.8) is 0 Å². The van der Waals surface area contributed by atoms with Gasteiger partial charge in [0.05, 0.1) is 6.04 Å². The standard InChI is InChI=1S/C13H22N2OS/c1-9-6-7-11(17-9)10(2)15(5)12(16)8-13(3,4)14/h6-7,10H,8,14H2,1-5H3. The lowest BCUT2D eigenvalue weighted by Crippen LogP contribution is -2.40. The van der Waals surface area contributed by atoms with Crippen LogP contribution in [0.1, 0.15) is 43.0 Å². The van der Waals surface area contributed by atoms with Crippen LogP contribution in [0.25, 0.3) is 0 Å². The fourth-order valence-electron chi connectivity index (χ4n) is 1.60. The summed E-state index contributed by atoms with van der Waals surface area (Å²) in [6.07, 6.45) is 0.373. The Hall–Kier alpha value is -0.870. The van der Waals surface area contributed by atoms with Crippen LogP contribution in [0.2, 0.25) is 0 Å². The highest BCUT2D eigenvalue weighted by Gasteiger charge is 2.23. The van der Waals surface area contributed by atoms with Gasteiger partial charge in [0.15, 0.2) is 0 Å². The molecule has 0 saturated heterocycles. The molecule has 0 fully saturated rings. The van der Waals surface area contributed by atoms with Crippen LogP contribution < -0.4 is 5.73 Å². The van der Waals surface area contributed by atoms with Gasteiger partial charge in [-0.3, -0.25) is 4.79 Å². The molecule has 1 atom stereocenters. The molecule has 0 aliphatic carbocycles. The molecule has 2 N–H and O–H groups in total. The molecule has 4 heteroatoms. The molecule has 0 radical (unpaired) electrons. The summed E-state index contributed by atoms with van der Waals surface area (Å²) in [5, 5.41) is 0. The molecule has 0 spiro atoms. The normalized spacial score (nSPS) is 13.5. The fourth-order valence-corrected chi connectivity index (χ4v) is 2.57. The zero-order chi connectivity index (χ0) is 13.2. The van der Waals surface area contributed by atoms with Crippen LogP contribution in [0, 0.1) is 6.92 Å². The van der Waals surface area contributed by atoms with Crippen LogP contribution in [-0.2, 0) is 4.79 Å². The Balaban J connectivity index is 2.70. The van der Waals surface area contributed by atoms with Crippen molar-refractivity contribution in [3.8, 4) is 0 Å². The van der Waals surface area contributed by atoms with Crippen molar-refractivity contribution >= 4 is 17.2 Å². The number of hydrogen-bond acceptors (Lipinski definition) is 3. The second-order valence-electron chi connectivity index (χ2n) is 5.29. The van der Waals surface area contributed by atoms with Crippen molar-refractivity contribution in [2.24, 2.45) is 5.73 Å². The van der Waals surface area contributed by atoms with E-state index in [0.29, 0.717) is 6.42 Å². The number of amides is 1. The van der Waals surface area contributed by atoms with Crippen LogP contribution in [0.5, 0.6) is 0 Å². The Bertz CT molecular complexity index is 392. The second kappa shape index (κ2) is 5.19. The topological polar surface area (TPSA) is 46.3 Å². The van der Waals surface area contributed by atoms with Crippen LogP contribution in [0.3, 0.4) is 0 Å². The van der Waals surface area contributed by atoms with Gasteiger partial charge in [-0.25, -0.2) is 0 Å². The Labute approximate surface area is 108 Å². The van der Waals surface area contributed by atoms with Crippen LogP contribution in [0.4, 0.5) is 0 Å². The number of carbonyl (C=O) groups excluding carboxylic acids is 1. The SMILES string of the molecule is Cc1ccc(C(C)N(C)C(=O)CC(C)(C)N)s1. The highest BCUT2D eigenvalue weighted by atomic mass is 32.1. The molecule has 1 amide bonds. The average molecular weight is 254 g/mol. The summed E-state index contributed by atoms with van der Waals surface area (Å²) in [6.45, 7) is 7.87. The van der Waals surface area contributed by atoms with E-state index in [0.717, 1.165) is 0 Å². The van der Waals surface area contributed by atoms with Gasteiger partial charge in [0.25, 0.3) is 0 Å². The van der Waals surface area contributed by atoms with E-state index in [1.165, 1.54) is 9.75 Å². The van der Waals surface area contributed by atoms with Gasteiger partial charge in [-0.15, -0.1) is 11.3 Å². The van der Waals surface area contributed by atoms with Crippen molar-refractivity contribution in [1.82, 2.24) is 4.90 Å². The molecular formula is C13H22N2OS. The molecule has 1 rings (SSSR count). The smallest absolute Gasteiger partial charge is 0.224 e. The third-order valence-corrected chi connectivity index (χ3v) is 3.93. The van der Waals surface area contributed by atoms with Crippen molar-refractivity contribution in [2.45, 2.75) is 45.7 Å². The molecule has 0 saturated carbocycles. The molecule has 17 heavy (non-hydrogen) atoms. The van der Waals surface area contributed by atoms with E-state index in [2.05, 4.69) is 19.1 Å². The monoisotopic (exact) mass is 254 g/mol. The van der Waals surface area contributed by atoms with Gasteiger partial charge >= 0.3 is 0 Å². The minimum Gasteiger partial charge on any atom is -0.338 e. The first-order chi connectivity index (χ1) is 7.70. The molecule has 96 valence electrons. The zero-order valence-corrected chi connectivity index (χ0v) is 12.1. The first-order valence-electron chi connectivity index (χ1n) is 5.81. The third kappa shape index (κ3) is 4.13. The van der Waals surface area contributed by atoms with E-state index in [4.69, 9.17) is 5.73 Å². The maximum Gasteiger partial charge on any atom is 0.224 e. The van der Waals surface area contributed by atoms with E-state index in [1.54, 1.807) is 16.2 Å². The second-order valence-corrected chi connectivity index (χ2v) is 6.61. The minimum absolute atomic E-state index is 0.0936. The molecule has 1 aromatic heterocycles. The van der Waals surface area contributed by atoms with Gasteiger partial charge in [0, 0.05) is 28.8 Å². The van der Waals surface area contributed by atoms with Crippen LogP contribution >= 0.6 is 11.3 Å². The van der Waals surface area contributed by atoms with Gasteiger partial charge < -0.3 is 10.6 Å². The number of nitrogens with zero attached hydrogens (tertiary/aromatic N) is 1. The summed E-state index contributed by atoms with van der Waals surface area (Å²) >= 11 is 1.73. The van der Waals surface area contributed by atoms with E-state index < -0.39 is 5.54 Å². The lowest BCUT2D eigenvalue weighted by molar-refractivity contribution is -0.132. The highest BCUT2D eigenvalue weighted by Crippen LogP contribution is 2.27. The minimum atomic E-state index is -0.448. The lowest BCUT2D eigenvalue weighted by Gasteiger charge is -2.27. The Kier molecular flexibility index (Phi) is 4.33. The van der Waals surface area contributed by atoms with Crippen molar-refractivity contribution in [1.29, 1.82) is 0 Å². The van der Waals surface area contributed by atoms with Gasteiger partial charge in [-0.2, -0.15) is 0 Å². The summed E-state index contributed by atoms with van der Waals surface area (Å²) in [4.78, 5) is 16.3. The van der Waals surface area contributed by atoms with E-state index in [9.17, 15) is 4.79 Å². The highest BCUT2D eigenvalue weighted by molar-refractivity contribution is 7.12. The number of hydrogen-bond donors (Lipinski definition) is 1. The lowest BCUT2D eigenvalue weighted by atomic mass is 10.0. The fraction of sp³-hybridized carbons (Fsp3) is 0.615. The van der Waals surface area contributed by atoms with Crippen molar-refractivity contribution < 1.29 is 4.79 Å². The molecule has 0 aliphatic rings. The third-order valence-electron chi connectivity index (χ3n) is 2.75. The van der Waals surface area contributed by atoms with Gasteiger partial charge in [0.1, 0.15) is 0 Å². The van der Waals surface area contributed by atoms with Crippen LogP contribution in [0.15, 0.2) is 12.1 Å². The van der Waals surface area contributed by atoms with Crippen LogP contribution in [-0.4, -0.2) is 23.4 Å². The summed E-state index contributed by atoms with van der Waals surface area (Å²) in [6, 6.07) is 4.28. The average Bonchev–Trinajstić information content (AvgIpc) is 2.60. The predicted molar refractivity (Wildman–Crippen MR) is 73.1 cm³/mol. The predicted octanol–water partition coefficient (Wildman–Crippen LogP) is 2.70. The molecule has 3 nitrogen and oxygen atoms in total. The zero-order valence-electron chi connectivity index (χ0n) is 11.3. The summed E-state index contributed by atoms with van der Waals surface area (Å²) < 4.78 is 0. The maximum absolute atomic E-state index is 12.0. The number of aryl methyl sites for hydroxylation is 1. The Morgan fingerprint density at radius 3 is 2.53 bits per heavy atom. The van der Waals surface area contributed by atoms with E-state index >= 15 is 0 Å². The molecular weight excluding hydrogens is 232 g/mol. The molecule has 1 heterocycles. The van der Waals surface area contributed by atoms with Crippen molar-refractivity contribution in [2.75, 3.05) is 7.05 Å². The molecule has 1 unspecified atom stereocenters. The van der Waals surface area contributed by atoms with Gasteiger partial charge in [0.2, 0.25) is 5.91 Å². The van der Waals surface area contributed by atoms with Gasteiger partial charge in [-0.1, -0.05) is 0 Å². The van der Waals surface area contributed by atoms with E-state index in [1.807, 2.05) is 27.8 Å². The quantitative estimate of drug-likeness (QED) is 0.898. The first-order valence-corrected chi connectivity index (χ1v) is 6.63. The number of carbonyl (C=O) groups is 1. The summed E-state index contributed by atoms with van der Waals surface area (Å²) in [5.74, 6) is 0.0936. The molecule has 1 aromatic rings. The molecule has 0 aliphatic heterocycles. The number of nitrogens with two attached hydrogens (primary N) is 1. The van der Waals surface area contributed by atoms with Gasteiger partial charge in [-0.05, 0) is 39.8 Å². The molecule has 0 aromatic carbocycles. The Morgan fingerprint density at radius 2 is 2.12 bits per heavy atom. The largest absolute Gasteiger partial charge is 0.338 e. The molecule has 0 bridgehead atoms. The number of rotatable bonds is 4. The number of thiophene rings is 1. The Morgan fingerprint density at radius 1 is 1.53 bits per heavy atom. The maximum atomic E-state index is 12.0.